The highest BCUT2D eigenvalue weighted by Crippen LogP contribution is 2.38. The van der Waals surface area contributed by atoms with Crippen molar-refractivity contribution in [3.05, 3.63) is 93.7 Å². The summed E-state index contributed by atoms with van der Waals surface area (Å²) in [4.78, 5) is 7.00. The van der Waals surface area contributed by atoms with Crippen LogP contribution in [0.4, 0.5) is 0 Å². The third kappa shape index (κ3) is 4.76. The Morgan fingerprint density at radius 1 is 1.12 bits per heavy atom. The fraction of sp³-hybridized carbons (Fsp3) is 0.321. The summed E-state index contributed by atoms with van der Waals surface area (Å²) < 4.78 is 12.6. The second-order valence-corrected chi connectivity index (χ2v) is 9.85. The van der Waals surface area contributed by atoms with E-state index in [2.05, 4.69) is 38.0 Å². The van der Waals surface area contributed by atoms with Crippen LogP contribution in [0, 0.1) is 0 Å². The molecule has 5 rings (SSSR count). The molecular formula is C28H29BrN2O3. The number of aromatic nitrogens is 1. The van der Waals surface area contributed by atoms with Crippen molar-refractivity contribution in [2.75, 3.05) is 26.7 Å². The summed E-state index contributed by atoms with van der Waals surface area (Å²) in [5.41, 5.74) is 4.49. The van der Waals surface area contributed by atoms with Gasteiger partial charge in [-0.3, -0.25) is 4.98 Å². The van der Waals surface area contributed by atoms with E-state index in [1.807, 2.05) is 54.7 Å². The highest BCUT2D eigenvalue weighted by Gasteiger charge is 2.33. The van der Waals surface area contributed by atoms with Gasteiger partial charge in [-0.15, -0.1) is 0 Å². The second-order valence-electron chi connectivity index (χ2n) is 8.94. The number of pyridine rings is 1. The molecule has 34 heavy (non-hydrogen) atoms. The van der Waals surface area contributed by atoms with Gasteiger partial charge in [0.1, 0.15) is 18.1 Å². The predicted octanol–water partition coefficient (Wildman–Crippen LogP) is 5.55. The van der Waals surface area contributed by atoms with E-state index in [1.54, 1.807) is 7.11 Å². The first-order valence-corrected chi connectivity index (χ1v) is 12.5. The molecule has 2 aliphatic heterocycles. The summed E-state index contributed by atoms with van der Waals surface area (Å²) in [6, 6.07) is 18.1. The molecule has 0 amide bonds. The van der Waals surface area contributed by atoms with E-state index in [0.29, 0.717) is 6.61 Å². The van der Waals surface area contributed by atoms with Crippen molar-refractivity contribution < 1.29 is 14.6 Å². The molecule has 0 atom stereocenters. The molecule has 2 aliphatic rings. The van der Waals surface area contributed by atoms with Crippen LogP contribution in [0.1, 0.15) is 41.6 Å². The van der Waals surface area contributed by atoms with Gasteiger partial charge >= 0.3 is 0 Å². The molecule has 176 valence electrons. The van der Waals surface area contributed by atoms with Gasteiger partial charge in [0.2, 0.25) is 0 Å². The number of rotatable bonds is 5. The van der Waals surface area contributed by atoms with E-state index in [-0.39, 0.29) is 0 Å². The Kier molecular flexibility index (Phi) is 6.73. The lowest BCUT2D eigenvalue weighted by Crippen LogP contribution is -2.42. The van der Waals surface area contributed by atoms with Crippen LogP contribution in [0.2, 0.25) is 0 Å². The number of ether oxygens (including phenoxy) is 2. The normalized spacial score (nSPS) is 18.5. The molecule has 0 spiro atoms. The molecule has 0 unspecified atom stereocenters. The van der Waals surface area contributed by atoms with E-state index in [4.69, 9.17) is 9.47 Å². The lowest BCUT2D eigenvalue weighted by molar-refractivity contribution is -0.0254. The van der Waals surface area contributed by atoms with Crippen molar-refractivity contribution in [1.29, 1.82) is 0 Å². The summed E-state index contributed by atoms with van der Waals surface area (Å²) in [7, 11) is 1.68. The molecule has 1 saturated heterocycles. The SMILES string of the molecule is COc1ccc2c(c1)/C(=C/CCN1CCC(O)(c3ccc(Br)cc3)CC1)c1cccnc1CO2. The topological polar surface area (TPSA) is 54.8 Å². The van der Waals surface area contributed by atoms with Crippen molar-refractivity contribution in [3.8, 4) is 11.5 Å². The minimum absolute atomic E-state index is 0.452. The number of hydrogen-bond acceptors (Lipinski definition) is 5. The first-order chi connectivity index (χ1) is 16.6. The Hall–Kier alpha value is -2.67. The molecule has 0 radical (unpaired) electrons. The highest BCUT2D eigenvalue weighted by molar-refractivity contribution is 9.10. The van der Waals surface area contributed by atoms with E-state index in [1.165, 1.54) is 0 Å². The monoisotopic (exact) mass is 520 g/mol. The van der Waals surface area contributed by atoms with Crippen molar-refractivity contribution >= 4 is 21.5 Å². The number of fused-ring (bicyclic) bond motifs is 2. The maximum absolute atomic E-state index is 11.2. The number of piperidine rings is 1. The molecule has 0 aliphatic carbocycles. The van der Waals surface area contributed by atoms with Crippen LogP contribution >= 0.6 is 15.9 Å². The molecule has 2 aromatic carbocycles. The summed E-state index contributed by atoms with van der Waals surface area (Å²) in [6.07, 6.45) is 6.49. The third-order valence-electron chi connectivity index (χ3n) is 6.88. The number of nitrogens with zero attached hydrogens (tertiary/aromatic N) is 2. The highest BCUT2D eigenvalue weighted by atomic mass is 79.9. The zero-order chi connectivity index (χ0) is 23.5. The first-order valence-electron chi connectivity index (χ1n) is 11.7. The maximum Gasteiger partial charge on any atom is 0.131 e. The van der Waals surface area contributed by atoms with Gasteiger partial charge in [0, 0.05) is 41.4 Å². The molecule has 1 fully saturated rings. The van der Waals surface area contributed by atoms with E-state index in [0.717, 1.165) is 82.8 Å². The number of aliphatic hydroxyl groups is 1. The summed E-state index contributed by atoms with van der Waals surface area (Å²) in [5.74, 6) is 1.66. The summed E-state index contributed by atoms with van der Waals surface area (Å²) in [6.45, 7) is 3.14. The van der Waals surface area contributed by atoms with Crippen molar-refractivity contribution in [2.45, 2.75) is 31.5 Å². The van der Waals surface area contributed by atoms with Crippen LogP contribution in [-0.2, 0) is 12.2 Å². The van der Waals surface area contributed by atoms with Gasteiger partial charge in [-0.25, -0.2) is 0 Å². The number of benzene rings is 2. The molecule has 5 nitrogen and oxygen atoms in total. The van der Waals surface area contributed by atoms with Gasteiger partial charge < -0.3 is 19.5 Å². The van der Waals surface area contributed by atoms with E-state index in [9.17, 15) is 5.11 Å². The average molecular weight is 521 g/mol. The van der Waals surface area contributed by atoms with Gasteiger partial charge in [0.15, 0.2) is 0 Å². The summed E-state index contributed by atoms with van der Waals surface area (Å²) in [5, 5.41) is 11.2. The van der Waals surface area contributed by atoms with E-state index >= 15 is 0 Å². The smallest absolute Gasteiger partial charge is 0.131 e. The van der Waals surface area contributed by atoms with Crippen LogP contribution in [0.25, 0.3) is 5.57 Å². The minimum Gasteiger partial charge on any atom is -0.497 e. The van der Waals surface area contributed by atoms with Crippen LogP contribution in [0.3, 0.4) is 0 Å². The van der Waals surface area contributed by atoms with Gasteiger partial charge in [0.25, 0.3) is 0 Å². The van der Waals surface area contributed by atoms with Crippen LogP contribution in [0.5, 0.6) is 11.5 Å². The Balaban J connectivity index is 1.31. The molecule has 0 bridgehead atoms. The molecule has 0 saturated carbocycles. The standard InChI is InChI=1S/C28H29BrN2O3/c1-33-22-10-11-27-25(18-22)23(24-4-2-14-30-26(24)19-34-27)5-3-15-31-16-12-28(32,13-17-31)20-6-8-21(29)9-7-20/h2,4-11,14,18,32H,3,12-13,15-17,19H2,1H3/b23-5+. The Morgan fingerprint density at radius 3 is 2.68 bits per heavy atom. The Bertz CT molecular complexity index is 1180. The summed E-state index contributed by atoms with van der Waals surface area (Å²) >= 11 is 3.48. The number of hydrogen-bond donors (Lipinski definition) is 1. The predicted molar refractivity (Wildman–Crippen MR) is 137 cm³/mol. The maximum atomic E-state index is 11.2. The molecular weight excluding hydrogens is 492 g/mol. The fourth-order valence-corrected chi connectivity index (χ4v) is 5.13. The average Bonchev–Trinajstić information content (AvgIpc) is 3.02. The van der Waals surface area contributed by atoms with Gasteiger partial charge in [-0.2, -0.15) is 0 Å². The third-order valence-corrected chi connectivity index (χ3v) is 7.41. The largest absolute Gasteiger partial charge is 0.497 e. The minimum atomic E-state index is -0.742. The zero-order valence-electron chi connectivity index (χ0n) is 19.3. The van der Waals surface area contributed by atoms with Gasteiger partial charge in [0.05, 0.1) is 18.4 Å². The second kappa shape index (κ2) is 9.90. The van der Waals surface area contributed by atoms with Crippen LogP contribution in [-0.4, -0.2) is 41.7 Å². The number of methoxy groups -OCH3 is 1. The number of likely N-dealkylation sites (tertiary alicyclic amines) is 1. The molecule has 3 heterocycles. The van der Waals surface area contributed by atoms with Crippen molar-refractivity contribution in [1.82, 2.24) is 9.88 Å². The van der Waals surface area contributed by atoms with Crippen LogP contribution in [0.15, 0.2) is 71.3 Å². The van der Waals surface area contributed by atoms with Gasteiger partial charge in [-0.05, 0) is 66.8 Å². The van der Waals surface area contributed by atoms with Crippen molar-refractivity contribution in [3.63, 3.8) is 0 Å². The van der Waals surface area contributed by atoms with Crippen LogP contribution < -0.4 is 9.47 Å². The molecule has 6 heteroatoms. The quantitative estimate of drug-likeness (QED) is 0.477. The lowest BCUT2D eigenvalue weighted by atomic mass is 9.84. The molecule has 1 N–H and O–H groups in total. The number of halogens is 1. The zero-order valence-corrected chi connectivity index (χ0v) is 20.9. The van der Waals surface area contributed by atoms with Gasteiger partial charge in [-0.1, -0.05) is 40.2 Å². The Morgan fingerprint density at radius 2 is 1.91 bits per heavy atom. The Labute approximate surface area is 209 Å². The van der Waals surface area contributed by atoms with E-state index < -0.39 is 5.60 Å². The molecule has 1 aromatic heterocycles. The molecule has 3 aromatic rings. The lowest BCUT2D eigenvalue weighted by Gasteiger charge is -2.38. The van der Waals surface area contributed by atoms with Crippen molar-refractivity contribution in [2.24, 2.45) is 0 Å². The first kappa shape index (κ1) is 23.1. The fourth-order valence-electron chi connectivity index (χ4n) is 4.87.